The molecule has 6 heteroatoms. The van der Waals surface area contributed by atoms with Gasteiger partial charge in [-0.15, -0.1) is 22.7 Å². The topological polar surface area (TPSA) is 42.5 Å². The van der Waals surface area contributed by atoms with Gasteiger partial charge in [0.15, 0.2) is 0 Å². The summed E-state index contributed by atoms with van der Waals surface area (Å²) in [5, 5.41) is 8.58. The monoisotopic (exact) mass is 300 g/mol. The highest BCUT2D eigenvalue weighted by molar-refractivity contribution is 7.11. The number of aromatic nitrogens is 2. The van der Waals surface area contributed by atoms with Gasteiger partial charge in [0.05, 0.1) is 23.8 Å². The summed E-state index contributed by atoms with van der Waals surface area (Å²) in [6.07, 6.45) is 5.33. The van der Waals surface area contributed by atoms with Crippen LogP contribution in [-0.2, 0) is 0 Å². The quantitative estimate of drug-likeness (QED) is 0.683. The van der Waals surface area contributed by atoms with Crippen LogP contribution in [0.3, 0.4) is 0 Å². The van der Waals surface area contributed by atoms with Crippen molar-refractivity contribution in [3.8, 4) is 0 Å². The lowest BCUT2D eigenvalue weighted by Gasteiger charge is -1.96. The number of hydrogen-bond acceptors (Lipinski definition) is 5. The smallest absolute Gasteiger partial charge is 0.211 e. The Morgan fingerprint density at radius 1 is 1.25 bits per heavy atom. The SMILES string of the molecule is Cc1csc(=Nc2cccnc2)n1N=Cc1cccs1. The van der Waals surface area contributed by atoms with E-state index in [9.17, 15) is 0 Å². The molecule has 0 N–H and O–H groups in total. The van der Waals surface area contributed by atoms with Crippen molar-refractivity contribution in [1.82, 2.24) is 9.66 Å². The molecule has 3 rings (SSSR count). The Morgan fingerprint density at radius 3 is 2.95 bits per heavy atom. The molecule has 0 radical (unpaired) electrons. The van der Waals surface area contributed by atoms with Crippen LogP contribution in [0.5, 0.6) is 0 Å². The Labute approximate surface area is 124 Å². The second-order valence-corrected chi connectivity index (χ2v) is 5.87. The fraction of sp³-hybridized carbons (Fsp3) is 0.0714. The summed E-state index contributed by atoms with van der Waals surface area (Å²) in [5.74, 6) is 0. The normalized spacial score (nSPS) is 12.3. The maximum Gasteiger partial charge on any atom is 0.211 e. The molecule has 20 heavy (non-hydrogen) atoms. The first kappa shape index (κ1) is 13.0. The van der Waals surface area contributed by atoms with Crippen molar-refractivity contribution in [1.29, 1.82) is 0 Å². The number of nitrogens with zero attached hydrogens (tertiary/aromatic N) is 4. The van der Waals surface area contributed by atoms with Crippen LogP contribution in [0.1, 0.15) is 10.6 Å². The summed E-state index contributed by atoms with van der Waals surface area (Å²) >= 11 is 3.23. The largest absolute Gasteiger partial charge is 0.262 e. The molecule has 3 aromatic heterocycles. The first-order valence-corrected chi connectivity index (χ1v) is 7.78. The van der Waals surface area contributed by atoms with E-state index >= 15 is 0 Å². The molecule has 3 heterocycles. The second-order valence-electron chi connectivity index (χ2n) is 4.05. The van der Waals surface area contributed by atoms with Crippen molar-refractivity contribution in [2.75, 3.05) is 0 Å². The van der Waals surface area contributed by atoms with E-state index in [1.807, 2.05) is 52.8 Å². The van der Waals surface area contributed by atoms with Gasteiger partial charge in [-0.2, -0.15) is 5.10 Å². The third-order valence-electron chi connectivity index (χ3n) is 2.56. The summed E-state index contributed by atoms with van der Waals surface area (Å²) in [7, 11) is 0. The fourth-order valence-corrected chi connectivity index (χ4v) is 3.02. The molecule has 0 saturated heterocycles. The van der Waals surface area contributed by atoms with Gasteiger partial charge in [0.2, 0.25) is 4.80 Å². The zero-order valence-electron chi connectivity index (χ0n) is 10.8. The van der Waals surface area contributed by atoms with Gasteiger partial charge < -0.3 is 0 Å². The van der Waals surface area contributed by atoms with Crippen molar-refractivity contribution in [2.24, 2.45) is 10.1 Å². The Balaban J connectivity index is 2.00. The van der Waals surface area contributed by atoms with Gasteiger partial charge in [0.1, 0.15) is 0 Å². The molecule has 0 atom stereocenters. The first-order chi connectivity index (χ1) is 9.83. The van der Waals surface area contributed by atoms with E-state index in [1.54, 1.807) is 35.1 Å². The van der Waals surface area contributed by atoms with Gasteiger partial charge in [0, 0.05) is 16.5 Å². The van der Waals surface area contributed by atoms with Gasteiger partial charge in [-0.25, -0.2) is 9.67 Å². The molecule has 0 saturated carbocycles. The molecule has 0 bridgehead atoms. The molecule has 0 fully saturated rings. The minimum Gasteiger partial charge on any atom is -0.262 e. The summed E-state index contributed by atoms with van der Waals surface area (Å²) in [4.78, 5) is 10.6. The minimum atomic E-state index is 0.828. The molecular weight excluding hydrogens is 288 g/mol. The Hall–Kier alpha value is -2.05. The standard InChI is InChI=1S/C14H12N4S2/c1-11-10-20-14(17-12-4-2-6-15-8-12)18(11)16-9-13-5-3-7-19-13/h2-10H,1H3. The Kier molecular flexibility index (Phi) is 3.85. The number of aryl methyl sites for hydroxylation is 1. The maximum atomic E-state index is 4.57. The summed E-state index contributed by atoms with van der Waals surface area (Å²) in [6.45, 7) is 2.02. The summed E-state index contributed by atoms with van der Waals surface area (Å²) in [6, 6.07) is 7.85. The van der Waals surface area contributed by atoms with Gasteiger partial charge in [-0.1, -0.05) is 6.07 Å². The average molecular weight is 300 g/mol. The third kappa shape index (κ3) is 2.92. The van der Waals surface area contributed by atoms with Gasteiger partial charge in [-0.3, -0.25) is 4.98 Å². The van der Waals surface area contributed by atoms with Crippen LogP contribution in [0.15, 0.2) is 57.5 Å². The van der Waals surface area contributed by atoms with E-state index in [0.717, 1.165) is 21.1 Å². The molecule has 100 valence electrons. The highest BCUT2D eigenvalue weighted by Crippen LogP contribution is 2.09. The Bertz CT molecular complexity index is 767. The predicted molar refractivity (Wildman–Crippen MR) is 83.8 cm³/mol. The number of hydrogen-bond donors (Lipinski definition) is 0. The van der Waals surface area contributed by atoms with Gasteiger partial charge in [0.25, 0.3) is 0 Å². The number of rotatable bonds is 3. The van der Waals surface area contributed by atoms with Crippen molar-refractivity contribution in [3.63, 3.8) is 0 Å². The zero-order valence-corrected chi connectivity index (χ0v) is 12.4. The molecule has 3 aromatic rings. The molecule has 0 spiro atoms. The predicted octanol–water partition coefficient (Wildman–Crippen LogP) is 3.43. The lowest BCUT2D eigenvalue weighted by Crippen LogP contribution is -2.11. The molecule has 4 nitrogen and oxygen atoms in total. The van der Waals surface area contributed by atoms with Crippen molar-refractivity contribution < 1.29 is 0 Å². The number of thiazole rings is 1. The summed E-state index contributed by atoms with van der Waals surface area (Å²) < 4.78 is 1.84. The molecular formula is C14H12N4S2. The van der Waals surface area contributed by atoms with Crippen molar-refractivity contribution in [2.45, 2.75) is 6.92 Å². The van der Waals surface area contributed by atoms with E-state index in [0.29, 0.717) is 0 Å². The molecule has 0 aliphatic rings. The molecule has 0 aliphatic carbocycles. The fourth-order valence-electron chi connectivity index (χ4n) is 1.61. The van der Waals surface area contributed by atoms with E-state index in [4.69, 9.17) is 0 Å². The Morgan fingerprint density at radius 2 is 2.20 bits per heavy atom. The van der Waals surface area contributed by atoms with E-state index < -0.39 is 0 Å². The van der Waals surface area contributed by atoms with E-state index in [1.165, 1.54) is 0 Å². The maximum absolute atomic E-state index is 4.57. The second kappa shape index (κ2) is 5.94. The van der Waals surface area contributed by atoms with Crippen LogP contribution in [-0.4, -0.2) is 15.9 Å². The van der Waals surface area contributed by atoms with Crippen LogP contribution in [0.25, 0.3) is 0 Å². The number of pyridine rings is 1. The lowest BCUT2D eigenvalue weighted by molar-refractivity contribution is 0.810. The zero-order chi connectivity index (χ0) is 13.8. The number of thiophene rings is 1. The van der Waals surface area contributed by atoms with Crippen LogP contribution >= 0.6 is 22.7 Å². The van der Waals surface area contributed by atoms with Gasteiger partial charge in [-0.05, 0) is 30.5 Å². The van der Waals surface area contributed by atoms with Gasteiger partial charge >= 0.3 is 0 Å². The van der Waals surface area contributed by atoms with Crippen molar-refractivity contribution in [3.05, 3.63) is 62.8 Å². The van der Waals surface area contributed by atoms with Crippen molar-refractivity contribution >= 4 is 34.6 Å². The summed E-state index contributed by atoms with van der Waals surface area (Å²) in [5.41, 5.74) is 1.89. The molecule has 0 amide bonds. The third-order valence-corrected chi connectivity index (χ3v) is 4.31. The van der Waals surface area contributed by atoms with Crippen LogP contribution in [0.2, 0.25) is 0 Å². The minimum absolute atomic E-state index is 0.828. The van der Waals surface area contributed by atoms with Crippen LogP contribution in [0, 0.1) is 6.92 Å². The molecule has 0 unspecified atom stereocenters. The van der Waals surface area contributed by atoms with Crippen LogP contribution < -0.4 is 4.80 Å². The van der Waals surface area contributed by atoms with E-state index in [-0.39, 0.29) is 0 Å². The first-order valence-electron chi connectivity index (χ1n) is 6.03. The highest BCUT2D eigenvalue weighted by atomic mass is 32.1. The van der Waals surface area contributed by atoms with Crippen LogP contribution in [0.4, 0.5) is 5.69 Å². The molecule has 0 aliphatic heterocycles. The molecule has 0 aromatic carbocycles. The lowest BCUT2D eigenvalue weighted by atomic mass is 10.4. The van der Waals surface area contributed by atoms with E-state index in [2.05, 4.69) is 15.1 Å². The average Bonchev–Trinajstić information content (AvgIpc) is 3.09. The highest BCUT2D eigenvalue weighted by Gasteiger charge is 1.99.